The van der Waals surface area contributed by atoms with E-state index in [-0.39, 0.29) is 32.3 Å². The van der Waals surface area contributed by atoms with Gasteiger partial charge < -0.3 is 29.0 Å². The SMILES string of the molecule is CCOC(=O)C(CC(F)(F)[C@H]1O[C@H](CC)[C@H](C)[C@H](OCc2ccccc2)[C@H]1OCc1ccccc1)NC(=O)OCc1ccccc1. The number of hydrogen-bond donors (Lipinski definition) is 1. The van der Waals surface area contributed by atoms with E-state index in [9.17, 15) is 9.59 Å². The normalized spacial score (nSPS) is 22.1. The third-order valence-electron chi connectivity index (χ3n) is 7.99. The van der Waals surface area contributed by atoms with Crippen LogP contribution in [-0.4, -0.2) is 55.0 Å². The van der Waals surface area contributed by atoms with E-state index in [1.807, 2.05) is 80.6 Å². The largest absolute Gasteiger partial charge is 0.464 e. The Morgan fingerprint density at radius 1 is 0.783 bits per heavy atom. The zero-order valence-corrected chi connectivity index (χ0v) is 26.5. The molecule has 6 atom stereocenters. The maximum atomic E-state index is 16.6. The highest BCUT2D eigenvalue weighted by molar-refractivity contribution is 5.81. The summed E-state index contributed by atoms with van der Waals surface area (Å²) in [6, 6.07) is 25.9. The fourth-order valence-corrected chi connectivity index (χ4v) is 5.57. The van der Waals surface area contributed by atoms with Crippen molar-refractivity contribution >= 4 is 12.1 Å². The van der Waals surface area contributed by atoms with Crippen LogP contribution in [0.1, 0.15) is 50.3 Å². The number of benzene rings is 3. The molecule has 1 saturated heterocycles. The van der Waals surface area contributed by atoms with E-state index in [1.165, 1.54) is 0 Å². The smallest absolute Gasteiger partial charge is 0.408 e. The third kappa shape index (κ3) is 9.82. The highest BCUT2D eigenvalue weighted by Crippen LogP contribution is 2.41. The Kier molecular flexibility index (Phi) is 13.1. The Morgan fingerprint density at radius 2 is 1.28 bits per heavy atom. The van der Waals surface area contributed by atoms with Gasteiger partial charge in [-0.05, 0) is 30.0 Å². The fourth-order valence-electron chi connectivity index (χ4n) is 5.57. The van der Waals surface area contributed by atoms with Gasteiger partial charge in [-0.2, -0.15) is 0 Å². The molecule has 1 N–H and O–H groups in total. The third-order valence-corrected chi connectivity index (χ3v) is 7.99. The van der Waals surface area contributed by atoms with Crippen LogP contribution in [0.2, 0.25) is 0 Å². The molecule has 1 unspecified atom stereocenters. The van der Waals surface area contributed by atoms with Crippen LogP contribution in [-0.2, 0) is 48.3 Å². The fraction of sp³-hybridized carbons (Fsp3) is 0.444. The Hall–Kier alpha value is -3.86. The lowest BCUT2D eigenvalue weighted by atomic mass is 9.83. The van der Waals surface area contributed by atoms with Crippen molar-refractivity contribution in [3.05, 3.63) is 108 Å². The number of halogens is 2. The summed E-state index contributed by atoms with van der Waals surface area (Å²) < 4.78 is 62.1. The molecule has 8 nitrogen and oxygen atoms in total. The number of amides is 1. The number of ether oxygens (including phenoxy) is 5. The van der Waals surface area contributed by atoms with Crippen LogP contribution in [0.5, 0.6) is 0 Å². The molecule has 248 valence electrons. The first-order valence-electron chi connectivity index (χ1n) is 15.7. The van der Waals surface area contributed by atoms with E-state index >= 15 is 8.78 Å². The van der Waals surface area contributed by atoms with Gasteiger partial charge in [-0.25, -0.2) is 18.4 Å². The van der Waals surface area contributed by atoms with Gasteiger partial charge in [0.25, 0.3) is 5.92 Å². The number of carbonyl (C=O) groups excluding carboxylic acids is 2. The van der Waals surface area contributed by atoms with Crippen LogP contribution in [0.3, 0.4) is 0 Å². The summed E-state index contributed by atoms with van der Waals surface area (Å²) in [5, 5.41) is 2.29. The number of nitrogens with one attached hydrogen (secondary N) is 1. The van der Waals surface area contributed by atoms with Crippen LogP contribution in [0.25, 0.3) is 0 Å². The summed E-state index contributed by atoms with van der Waals surface area (Å²) in [6.07, 6.45) is -6.00. The molecule has 10 heteroatoms. The second-order valence-electron chi connectivity index (χ2n) is 11.4. The number of rotatable bonds is 15. The summed E-state index contributed by atoms with van der Waals surface area (Å²) >= 11 is 0. The zero-order chi connectivity index (χ0) is 32.9. The molecule has 1 heterocycles. The Bertz CT molecular complexity index is 1350. The predicted molar refractivity (Wildman–Crippen MR) is 168 cm³/mol. The minimum absolute atomic E-state index is 0.0432. The van der Waals surface area contributed by atoms with Gasteiger partial charge in [-0.1, -0.05) is 105 Å². The Morgan fingerprint density at radius 3 is 1.78 bits per heavy atom. The van der Waals surface area contributed by atoms with Crippen molar-refractivity contribution in [3.8, 4) is 0 Å². The summed E-state index contributed by atoms with van der Waals surface area (Å²) in [5.74, 6) is -4.95. The molecular weight excluding hydrogens is 596 g/mol. The van der Waals surface area contributed by atoms with Crippen molar-refractivity contribution in [1.82, 2.24) is 5.32 Å². The van der Waals surface area contributed by atoms with E-state index < -0.39 is 54.9 Å². The molecule has 3 aromatic carbocycles. The van der Waals surface area contributed by atoms with Crippen molar-refractivity contribution < 1.29 is 42.1 Å². The standard InChI is InChI=1S/C36H43F2NO7/c1-4-30-25(3)31(43-22-26-15-9-6-10-16-26)32(44-23-27-17-11-7-12-18-27)33(46-30)36(37,38)21-29(34(40)42-5-2)39-35(41)45-24-28-19-13-8-14-20-28/h6-20,25,29-33H,4-5,21-24H2,1-3H3,(H,39,41)/t25-,29?,30+,31-,32+,33-/m0/s1. The number of hydrogen-bond acceptors (Lipinski definition) is 7. The summed E-state index contributed by atoms with van der Waals surface area (Å²) in [4.78, 5) is 25.6. The second-order valence-corrected chi connectivity index (χ2v) is 11.4. The quantitative estimate of drug-likeness (QED) is 0.182. The lowest BCUT2D eigenvalue weighted by Crippen LogP contribution is -2.62. The number of carbonyl (C=O) groups is 2. The highest BCUT2D eigenvalue weighted by atomic mass is 19.3. The first kappa shape index (κ1) is 35.0. The molecule has 1 fully saturated rings. The number of esters is 1. The molecule has 1 amide bonds. The topological polar surface area (TPSA) is 92.3 Å². The van der Waals surface area contributed by atoms with Crippen molar-refractivity contribution in [2.75, 3.05) is 6.61 Å². The molecule has 0 aliphatic carbocycles. The van der Waals surface area contributed by atoms with E-state index in [4.69, 9.17) is 23.7 Å². The summed E-state index contributed by atoms with van der Waals surface area (Å²) in [6.45, 7) is 5.40. The predicted octanol–water partition coefficient (Wildman–Crippen LogP) is 6.85. The van der Waals surface area contributed by atoms with Crippen LogP contribution < -0.4 is 5.32 Å². The molecule has 0 aromatic heterocycles. The van der Waals surface area contributed by atoms with Gasteiger partial charge in [0.2, 0.25) is 0 Å². The first-order valence-corrected chi connectivity index (χ1v) is 15.7. The molecular formula is C36H43F2NO7. The number of alkyl carbamates (subject to hydrolysis) is 1. The minimum atomic E-state index is -3.66. The molecule has 1 aliphatic heterocycles. The minimum Gasteiger partial charge on any atom is -0.464 e. The molecule has 0 saturated carbocycles. The second kappa shape index (κ2) is 17.2. The maximum Gasteiger partial charge on any atom is 0.408 e. The Balaban J connectivity index is 1.58. The van der Waals surface area contributed by atoms with E-state index in [0.717, 1.165) is 11.1 Å². The van der Waals surface area contributed by atoms with Crippen LogP contribution in [0.4, 0.5) is 13.6 Å². The van der Waals surface area contributed by atoms with Crippen molar-refractivity contribution in [3.63, 3.8) is 0 Å². The molecule has 0 radical (unpaired) electrons. The molecule has 1 aliphatic rings. The average Bonchev–Trinajstić information content (AvgIpc) is 3.07. The first-order chi connectivity index (χ1) is 22.2. The van der Waals surface area contributed by atoms with Gasteiger partial charge in [0.1, 0.15) is 24.9 Å². The van der Waals surface area contributed by atoms with Crippen molar-refractivity contribution in [2.24, 2.45) is 5.92 Å². The lowest BCUT2D eigenvalue weighted by Gasteiger charge is -2.47. The lowest BCUT2D eigenvalue weighted by molar-refractivity contribution is -0.285. The van der Waals surface area contributed by atoms with E-state index in [2.05, 4.69) is 5.32 Å². The maximum absolute atomic E-state index is 16.6. The Labute approximate surface area is 269 Å². The van der Waals surface area contributed by atoms with E-state index in [1.54, 1.807) is 31.2 Å². The van der Waals surface area contributed by atoms with E-state index in [0.29, 0.717) is 12.0 Å². The van der Waals surface area contributed by atoms with Crippen molar-refractivity contribution in [1.29, 1.82) is 0 Å². The van der Waals surface area contributed by atoms with Gasteiger partial charge in [-0.15, -0.1) is 0 Å². The van der Waals surface area contributed by atoms with Gasteiger partial charge in [-0.3, -0.25) is 0 Å². The molecule has 46 heavy (non-hydrogen) atoms. The summed E-state index contributed by atoms with van der Waals surface area (Å²) in [7, 11) is 0. The average molecular weight is 640 g/mol. The molecule has 0 bridgehead atoms. The van der Waals surface area contributed by atoms with Gasteiger partial charge in [0, 0.05) is 12.3 Å². The highest BCUT2D eigenvalue weighted by Gasteiger charge is 2.56. The van der Waals surface area contributed by atoms with Crippen LogP contribution in [0.15, 0.2) is 91.0 Å². The van der Waals surface area contributed by atoms with Crippen molar-refractivity contribution in [2.45, 2.75) is 89.8 Å². The monoisotopic (exact) mass is 639 g/mol. The zero-order valence-electron chi connectivity index (χ0n) is 26.5. The van der Waals surface area contributed by atoms with Crippen LogP contribution >= 0.6 is 0 Å². The van der Waals surface area contributed by atoms with Gasteiger partial charge in [0.05, 0.1) is 32.0 Å². The van der Waals surface area contributed by atoms with Crippen LogP contribution in [0, 0.1) is 5.92 Å². The summed E-state index contributed by atoms with van der Waals surface area (Å²) in [5.41, 5.74) is 2.38. The molecule has 0 spiro atoms. The molecule has 3 aromatic rings. The van der Waals surface area contributed by atoms with Gasteiger partial charge in [0.15, 0.2) is 0 Å². The number of alkyl halides is 2. The van der Waals surface area contributed by atoms with Gasteiger partial charge >= 0.3 is 12.1 Å². The molecule has 4 rings (SSSR count).